The number of hydrogen-bond donors (Lipinski definition) is 1. The molecule has 2 atom stereocenters. The summed E-state index contributed by atoms with van der Waals surface area (Å²) >= 11 is 1.78. The summed E-state index contributed by atoms with van der Waals surface area (Å²) in [5.74, 6) is 0.812. The van der Waals surface area contributed by atoms with E-state index in [2.05, 4.69) is 41.4 Å². The molecule has 2 heterocycles. The molecule has 19 heavy (non-hydrogen) atoms. The van der Waals surface area contributed by atoms with Crippen LogP contribution in [0.1, 0.15) is 37.4 Å². The summed E-state index contributed by atoms with van der Waals surface area (Å²) in [5.41, 5.74) is 1.15. The van der Waals surface area contributed by atoms with Gasteiger partial charge in [0.25, 0.3) is 0 Å². The second-order valence-electron chi connectivity index (χ2n) is 5.67. The third-order valence-corrected chi connectivity index (χ3v) is 5.19. The molecule has 0 aromatic carbocycles. The Morgan fingerprint density at radius 3 is 3.11 bits per heavy atom. The van der Waals surface area contributed by atoms with Crippen molar-refractivity contribution in [3.8, 4) is 0 Å². The maximum absolute atomic E-state index is 4.52. The first-order valence-electron chi connectivity index (χ1n) is 7.55. The Labute approximate surface area is 121 Å². The standard InChI is InChI=1S/C15H27N3S/c1-4-18-9-5-6-14(10-18)13(3)16-8-7-15-17-12(2)11-19-15/h11,13-14,16H,4-10H2,1-3H3. The molecule has 1 aliphatic rings. The highest BCUT2D eigenvalue weighted by molar-refractivity contribution is 7.09. The fourth-order valence-corrected chi connectivity index (χ4v) is 3.65. The molecule has 3 nitrogen and oxygen atoms in total. The summed E-state index contributed by atoms with van der Waals surface area (Å²) in [6.45, 7) is 11.5. The number of piperidine rings is 1. The van der Waals surface area contributed by atoms with E-state index in [4.69, 9.17) is 0 Å². The molecule has 1 aliphatic heterocycles. The normalized spacial score (nSPS) is 22.6. The lowest BCUT2D eigenvalue weighted by Gasteiger charge is -2.35. The first-order chi connectivity index (χ1) is 9.19. The highest BCUT2D eigenvalue weighted by Crippen LogP contribution is 2.19. The number of nitrogens with zero attached hydrogens (tertiary/aromatic N) is 2. The van der Waals surface area contributed by atoms with Crippen molar-refractivity contribution in [1.29, 1.82) is 0 Å². The van der Waals surface area contributed by atoms with Crippen molar-refractivity contribution in [2.45, 2.75) is 46.1 Å². The van der Waals surface area contributed by atoms with E-state index >= 15 is 0 Å². The predicted molar refractivity (Wildman–Crippen MR) is 82.9 cm³/mol. The maximum atomic E-state index is 4.52. The molecule has 1 aromatic heterocycles. The van der Waals surface area contributed by atoms with Crippen LogP contribution in [0.2, 0.25) is 0 Å². The van der Waals surface area contributed by atoms with Gasteiger partial charge in [-0.1, -0.05) is 6.92 Å². The average Bonchev–Trinajstić information content (AvgIpc) is 2.84. The number of thiazole rings is 1. The largest absolute Gasteiger partial charge is 0.314 e. The Hall–Kier alpha value is -0.450. The molecule has 1 aromatic rings. The van der Waals surface area contributed by atoms with E-state index in [1.165, 1.54) is 37.5 Å². The van der Waals surface area contributed by atoms with Gasteiger partial charge in [-0.3, -0.25) is 0 Å². The van der Waals surface area contributed by atoms with Crippen LogP contribution in [-0.4, -0.2) is 42.1 Å². The molecule has 1 saturated heterocycles. The lowest BCUT2D eigenvalue weighted by Crippen LogP contribution is -2.44. The fourth-order valence-electron chi connectivity index (χ4n) is 2.88. The molecule has 108 valence electrons. The first kappa shape index (κ1) is 14.9. The molecular formula is C15H27N3S. The highest BCUT2D eigenvalue weighted by Gasteiger charge is 2.23. The van der Waals surface area contributed by atoms with Crippen LogP contribution in [0.5, 0.6) is 0 Å². The minimum Gasteiger partial charge on any atom is -0.314 e. The quantitative estimate of drug-likeness (QED) is 0.869. The van der Waals surface area contributed by atoms with E-state index in [1.54, 1.807) is 11.3 Å². The lowest BCUT2D eigenvalue weighted by atomic mass is 9.91. The zero-order valence-corrected chi connectivity index (χ0v) is 13.3. The number of likely N-dealkylation sites (tertiary alicyclic amines) is 1. The second-order valence-corrected chi connectivity index (χ2v) is 6.61. The van der Waals surface area contributed by atoms with Crippen molar-refractivity contribution in [2.75, 3.05) is 26.2 Å². The van der Waals surface area contributed by atoms with Gasteiger partial charge in [-0.25, -0.2) is 4.98 Å². The van der Waals surface area contributed by atoms with E-state index in [1.807, 2.05) is 0 Å². The lowest BCUT2D eigenvalue weighted by molar-refractivity contribution is 0.157. The van der Waals surface area contributed by atoms with Crippen LogP contribution in [-0.2, 0) is 6.42 Å². The van der Waals surface area contributed by atoms with Crippen molar-refractivity contribution in [1.82, 2.24) is 15.2 Å². The van der Waals surface area contributed by atoms with Gasteiger partial charge >= 0.3 is 0 Å². The van der Waals surface area contributed by atoms with Crippen LogP contribution in [0.4, 0.5) is 0 Å². The van der Waals surface area contributed by atoms with Gasteiger partial charge in [-0.05, 0) is 45.7 Å². The minimum atomic E-state index is 0.621. The minimum absolute atomic E-state index is 0.621. The van der Waals surface area contributed by atoms with Crippen LogP contribution in [0, 0.1) is 12.8 Å². The average molecular weight is 281 g/mol. The molecule has 0 aliphatic carbocycles. The Bertz CT molecular complexity index is 377. The van der Waals surface area contributed by atoms with Gasteiger partial charge in [0.05, 0.1) is 5.01 Å². The van der Waals surface area contributed by atoms with E-state index in [0.717, 1.165) is 24.6 Å². The highest BCUT2D eigenvalue weighted by atomic mass is 32.1. The van der Waals surface area contributed by atoms with Crippen LogP contribution < -0.4 is 5.32 Å². The topological polar surface area (TPSA) is 28.2 Å². The van der Waals surface area contributed by atoms with Crippen molar-refractivity contribution in [3.63, 3.8) is 0 Å². The van der Waals surface area contributed by atoms with Gasteiger partial charge in [0, 0.05) is 36.6 Å². The van der Waals surface area contributed by atoms with E-state index in [0.29, 0.717) is 6.04 Å². The molecule has 2 unspecified atom stereocenters. The molecule has 2 rings (SSSR count). The smallest absolute Gasteiger partial charge is 0.0940 e. The van der Waals surface area contributed by atoms with Crippen LogP contribution in [0.15, 0.2) is 5.38 Å². The molecule has 4 heteroatoms. The summed E-state index contributed by atoms with van der Waals surface area (Å²) in [6.07, 6.45) is 3.80. The van der Waals surface area contributed by atoms with Crippen LogP contribution in [0.3, 0.4) is 0 Å². The summed E-state index contributed by atoms with van der Waals surface area (Å²) in [6, 6.07) is 0.621. The fraction of sp³-hybridized carbons (Fsp3) is 0.800. The van der Waals surface area contributed by atoms with Crippen LogP contribution >= 0.6 is 11.3 Å². The van der Waals surface area contributed by atoms with Gasteiger partial charge in [0.2, 0.25) is 0 Å². The van der Waals surface area contributed by atoms with Crippen molar-refractivity contribution >= 4 is 11.3 Å². The number of rotatable bonds is 6. The SMILES string of the molecule is CCN1CCCC(C(C)NCCc2nc(C)cs2)C1. The Balaban J connectivity index is 1.70. The molecule has 0 radical (unpaired) electrons. The molecule has 0 bridgehead atoms. The molecule has 1 N–H and O–H groups in total. The molecule has 0 amide bonds. The second kappa shape index (κ2) is 7.36. The molecule has 1 fully saturated rings. The Kier molecular flexibility index (Phi) is 5.79. The Morgan fingerprint density at radius 1 is 1.58 bits per heavy atom. The van der Waals surface area contributed by atoms with E-state index in [-0.39, 0.29) is 0 Å². The monoisotopic (exact) mass is 281 g/mol. The number of nitrogens with one attached hydrogen (secondary N) is 1. The molecular weight excluding hydrogens is 254 g/mol. The van der Waals surface area contributed by atoms with Gasteiger partial charge < -0.3 is 10.2 Å². The third-order valence-electron chi connectivity index (χ3n) is 4.17. The summed E-state index contributed by atoms with van der Waals surface area (Å²) in [5, 5.41) is 7.09. The van der Waals surface area contributed by atoms with Crippen molar-refractivity contribution in [2.24, 2.45) is 5.92 Å². The third kappa shape index (κ3) is 4.55. The number of aryl methyl sites for hydroxylation is 1. The van der Waals surface area contributed by atoms with Crippen molar-refractivity contribution in [3.05, 3.63) is 16.1 Å². The number of hydrogen-bond acceptors (Lipinski definition) is 4. The predicted octanol–water partition coefficient (Wildman–Crippen LogP) is 2.70. The molecule has 0 saturated carbocycles. The summed E-state index contributed by atoms with van der Waals surface area (Å²) in [4.78, 5) is 7.10. The Morgan fingerprint density at radius 2 is 2.42 bits per heavy atom. The van der Waals surface area contributed by atoms with E-state index in [9.17, 15) is 0 Å². The summed E-state index contributed by atoms with van der Waals surface area (Å²) in [7, 11) is 0. The summed E-state index contributed by atoms with van der Waals surface area (Å²) < 4.78 is 0. The zero-order valence-electron chi connectivity index (χ0n) is 12.5. The van der Waals surface area contributed by atoms with Gasteiger partial charge in [0.1, 0.15) is 0 Å². The maximum Gasteiger partial charge on any atom is 0.0940 e. The first-order valence-corrected chi connectivity index (χ1v) is 8.43. The molecule has 0 spiro atoms. The van der Waals surface area contributed by atoms with Gasteiger partial charge in [-0.15, -0.1) is 11.3 Å². The number of aromatic nitrogens is 1. The zero-order chi connectivity index (χ0) is 13.7. The van der Waals surface area contributed by atoms with Gasteiger partial charge in [-0.2, -0.15) is 0 Å². The van der Waals surface area contributed by atoms with Crippen molar-refractivity contribution < 1.29 is 0 Å². The van der Waals surface area contributed by atoms with Crippen LogP contribution in [0.25, 0.3) is 0 Å². The van der Waals surface area contributed by atoms with Gasteiger partial charge in [0.15, 0.2) is 0 Å². The van der Waals surface area contributed by atoms with E-state index < -0.39 is 0 Å².